The van der Waals surface area contributed by atoms with E-state index in [1.165, 1.54) is 79.3 Å². The Balaban J connectivity index is 1.51. The Morgan fingerprint density at radius 1 is 0.960 bits per heavy atom. The lowest BCUT2D eigenvalue weighted by molar-refractivity contribution is -0.385. The van der Waals surface area contributed by atoms with Crippen molar-refractivity contribution in [1.29, 1.82) is 0 Å². The van der Waals surface area contributed by atoms with E-state index >= 15 is 0 Å². The van der Waals surface area contributed by atoms with Crippen LogP contribution in [0.4, 0.5) is 16.2 Å². The van der Waals surface area contributed by atoms with Crippen LogP contribution in [0.2, 0.25) is 0 Å². The van der Waals surface area contributed by atoms with Crippen molar-refractivity contribution < 1.29 is 48.4 Å². The molecule has 0 aliphatic carbocycles. The smallest absolute Gasteiger partial charge is 0.410 e. The van der Waals surface area contributed by atoms with E-state index < -0.39 is 80.0 Å². The summed E-state index contributed by atoms with van der Waals surface area (Å²) in [6, 6.07) is 9.01. The molecule has 0 aromatic heterocycles. The lowest BCUT2D eigenvalue weighted by Crippen LogP contribution is -2.66. The third-order valence-electron chi connectivity index (χ3n) is 8.61. The second-order valence-corrected chi connectivity index (χ2v) is 13.8. The van der Waals surface area contributed by atoms with E-state index in [2.05, 4.69) is 5.32 Å². The molecule has 2 aliphatic rings. The van der Waals surface area contributed by atoms with Crippen LogP contribution in [0, 0.1) is 32.1 Å². The Hall–Kier alpha value is -5.10. The molecule has 2 aliphatic heterocycles. The van der Waals surface area contributed by atoms with Crippen LogP contribution in [-0.4, -0.2) is 104 Å². The fourth-order valence-electron chi connectivity index (χ4n) is 5.84. The van der Waals surface area contributed by atoms with Gasteiger partial charge in [-0.2, -0.15) is 0 Å². The average molecular weight is 716 g/mol. The largest absolute Gasteiger partial charge is 0.455 e. The number of ketones is 1. The molecular formula is C32H37N5O12S. The number of nitro benzene ring substituents is 2. The second kappa shape index (κ2) is 16.1. The maximum atomic E-state index is 13.7. The highest BCUT2D eigenvalue weighted by Crippen LogP contribution is 2.39. The number of Topliss-reactive ketones (excluding diaryl/α,β-unsaturated/α-hetero) is 1. The van der Waals surface area contributed by atoms with Gasteiger partial charge in [-0.3, -0.25) is 39.5 Å². The first-order chi connectivity index (χ1) is 23.6. The number of aliphatic hydroxyl groups is 1. The first-order valence-corrected chi connectivity index (χ1v) is 16.5. The maximum Gasteiger partial charge on any atom is 0.410 e. The van der Waals surface area contributed by atoms with E-state index in [0.717, 1.165) is 11.8 Å². The summed E-state index contributed by atoms with van der Waals surface area (Å²) in [7, 11) is 3.04. The molecule has 0 bridgehead atoms. The van der Waals surface area contributed by atoms with Crippen LogP contribution < -0.4 is 5.32 Å². The van der Waals surface area contributed by atoms with Crippen molar-refractivity contribution in [1.82, 2.24) is 15.1 Å². The normalized spacial score (nSPS) is 21.5. The van der Waals surface area contributed by atoms with Crippen LogP contribution in [0.5, 0.6) is 0 Å². The van der Waals surface area contributed by atoms with Gasteiger partial charge in [-0.25, -0.2) is 9.59 Å². The van der Waals surface area contributed by atoms with Crippen molar-refractivity contribution in [2.24, 2.45) is 11.8 Å². The number of ether oxygens (including phenoxy) is 2. The zero-order chi connectivity index (χ0) is 36.9. The third kappa shape index (κ3) is 8.73. The number of likely N-dealkylation sites (tertiary alicyclic amines) is 1. The van der Waals surface area contributed by atoms with E-state index in [4.69, 9.17) is 9.47 Å². The molecule has 7 atom stereocenters. The molecule has 17 nitrogen and oxygen atoms in total. The number of nitrogens with one attached hydrogen (secondary N) is 1. The molecule has 0 radical (unpaired) electrons. The standard InChI is InChI=1S/C32H37N5O12S/c1-17(26-25(18(2)38)29(40)33-26)28(27(39)31(42)48-15-19-5-9-21(10-6-19)36(44)45)50-23-13-24(30(41)34(3)4)35(14-23)32(43)49-16-20-7-11-22(12-8-20)37(46)47/h5-12,17-18,23-26,28,38H,13-16H2,1-4H3,(H,33,40)/t17-,18+,23-,24-,25+,26+,28?/m0/s1. The summed E-state index contributed by atoms with van der Waals surface area (Å²) in [6.45, 7) is 2.47. The van der Waals surface area contributed by atoms with Crippen LogP contribution in [0.15, 0.2) is 48.5 Å². The molecule has 18 heteroatoms. The first-order valence-electron chi connectivity index (χ1n) is 15.5. The van der Waals surface area contributed by atoms with Gasteiger partial charge in [0.1, 0.15) is 19.3 Å². The number of non-ortho nitro benzene ring substituents is 2. The predicted octanol–water partition coefficient (Wildman–Crippen LogP) is 2.22. The number of aliphatic hydroxyl groups excluding tert-OH is 1. The van der Waals surface area contributed by atoms with Crippen LogP contribution in [0.1, 0.15) is 31.4 Å². The minimum absolute atomic E-state index is 0.0425. The van der Waals surface area contributed by atoms with Gasteiger partial charge in [0.05, 0.1) is 27.1 Å². The van der Waals surface area contributed by atoms with Crippen LogP contribution in [-0.2, 0) is 41.9 Å². The highest BCUT2D eigenvalue weighted by atomic mass is 32.2. The number of hydrogen-bond acceptors (Lipinski definition) is 13. The van der Waals surface area contributed by atoms with Gasteiger partial charge in [-0.05, 0) is 54.7 Å². The lowest BCUT2D eigenvalue weighted by atomic mass is 9.77. The molecule has 4 rings (SSSR count). The number of benzene rings is 2. The number of likely N-dealkylation sites (N-methyl/N-ethyl adjacent to an activating group) is 1. The number of thioether (sulfide) groups is 1. The van der Waals surface area contributed by atoms with Crippen LogP contribution >= 0.6 is 11.8 Å². The number of rotatable bonds is 14. The molecule has 1 unspecified atom stereocenters. The van der Waals surface area contributed by atoms with E-state index in [0.29, 0.717) is 11.1 Å². The Morgan fingerprint density at radius 2 is 1.48 bits per heavy atom. The fraction of sp³-hybridized carbons (Fsp3) is 0.469. The van der Waals surface area contributed by atoms with Gasteiger partial charge in [0, 0.05) is 56.2 Å². The number of esters is 1. The van der Waals surface area contributed by atoms with Crippen LogP contribution in [0.3, 0.4) is 0 Å². The summed E-state index contributed by atoms with van der Waals surface area (Å²) in [5.41, 5.74) is 0.582. The summed E-state index contributed by atoms with van der Waals surface area (Å²) < 4.78 is 10.7. The van der Waals surface area contributed by atoms with Gasteiger partial charge in [0.2, 0.25) is 11.8 Å². The predicted molar refractivity (Wildman–Crippen MR) is 176 cm³/mol. The Morgan fingerprint density at radius 3 is 1.94 bits per heavy atom. The summed E-state index contributed by atoms with van der Waals surface area (Å²) in [5, 5.41) is 33.1. The zero-order valence-corrected chi connectivity index (χ0v) is 28.4. The molecule has 0 spiro atoms. The fourth-order valence-corrected chi connectivity index (χ4v) is 7.43. The third-order valence-corrected chi connectivity index (χ3v) is 10.3. The molecule has 2 aromatic rings. The van der Waals surface area contributed by atoms with Gasteiger partial charge < -0.3 is 24.8 Å². The van der Waals surface area contributed by atoms with Gasteiger partial charge in [0.25, 0.3) is 17.2 Å². The molecule has 0 saturated carbocycles. The number of amides is 3. The number of hydrogen-bond donors (Lipinski definition) is 2. The summed E-state index contributed by atoms with van der Waals surface area (Å²) in [4.78, 5) is 88.9. The first kappa shape index (κ1) is 37.7. The van der Waals surface area contributed by atoms with Crippen molar-refractivity contribution in [3.05, 3.63) is 79.9 Å². The molecule has 2 heterocycles. The SMILES string of the molecule is C[C@H](C(S[C@H]1C[C@@H](C(=O)N(C)C)N(C(=O)OCc2ccc([N+](=O)[O-])cc2)C1)C(=O)C(=O)OCc1ccc([N+](=O)[O-])cc1)[C@H]1NC(=O)[C@@H]1[C@@H](C)O. The Kier molecular flexibility index (Phi) is 12.1. The second-order valence-electron chi connectivity index (χ2n) is 12.3. The minimum atomic E-state index is -1.19. The van der Waals surface area contributed by atoms with E-state index in [9.17, 15) is 49.3 Å². The molecule has 3 amide bonds. The minimum Gasteiger partial charge on any atom is -0.455 e. The van der Waals surface area contributed by atoms with Crippen molar-refractivity contribution in [3.63, 3.8) is 0 Å². The van der Waals surface area contributed by atoms with Crippen molar-refractivity contribution in [2.45, 2.75) is 62.2 Å². The average Bonchev–Trinajstić information content (AvgIpc) is 3.50. The molecule has 2 N–H and O–H groups in total. The van der Waals surface area contributed by atoms with Gasteiger partial charge >= 0.3 is 12.1 Å². The number of nitro groups is 2. The van der Waals surface area contributed by atoms with Crippen molar-refractivity contribution >= 4 is 52.8 Å². The van der Waals surface area contributed by atoms with E-state index in [-0.39, 0.29) is 37.6 Å². The topological polar surface area (TPSA) is 229 Å². The van der Waals surface area contributed by atoms with Gasteiger partial charge in [-0.1, -0.05) is 6.92 Å². The number of nitrogens with zero attached hydrogens (tertiary/aromatic N) is 4. The zero-order valence-electron chi connectivity index (χ0n) is 27.6. The molecule has 50 heavy (non-hydrogen) atoms. The number of carbonyl (C=O) groups excluding carboxylic acids is 5. The molecular weight excluding hydrogens is 678 g/mol. The highest BCUT2D eigenvalue weighted by Gasteiger charge is 2.51. The Labute approximate surface area is 290 Å². The summed E-state index contributed by atoms with van der Waals surface area (Å²) >= 11 is 1.05. The lowest BCUT2D eigenvalue weighted by Gasteiger charge is -2.44. The maximum absolute atomic E-state index is 13.7. The highest BCUT2D eigenvalue weighted by molar-refractivity contribution is 8.01. The van der Waals surface area contributed by atoms with E-state index in [1.807, 2.05) is 0 Å². The number of β-lactam (4-membered cyclic amide) rings is 1. The van der Waals surface area contributed by atoms with Crippen molar-refractivity contribution in [3.8, 4) is 0 Å². The molecule has 2 aromatic carbocycles. The van der Waals surface area contributed by atoms with Crippen molar-refractivity contribution in [2.75, 3.05) is 20.6 Å². The molecule has 2 saturated heterocycles. The summed E-state index contributed by atoms with van der Waals surface area (Å²) in [6.07, 6.45) is -1.77. The summed E-state index contributed by atoms with van der Waals surface area (Å²) in [5.74, 6) is -4.49. The molecule has 268 valence electrons. The van der Waals surface area contributed by atoms with Gasteiger partial charge in [0.15, 0.2) is 0 Å². The molecule has 2 fully saturated rings. The Bertz CT molecular complexity index is 1630. The quantitative estimate of drug-likeness (QED) is 0.0941. The number of carbonyl (C=O) groups is 5. The van der Waals surface area contributed by atoms with Crippen LogP contribution in [0.25, 0.3) is 0 Å². The van der Waals surface area contributed by atoms with Gasteiger partial charge in [-0.15, -0.1) is 11.8 Å². The van der Waals surface area contributed by atoms with E-state index in [1.54, 1.807) is 6.92 Å². The monoisotopic (exact) mass is 715 g/mol.